The lowest BCUT2D eigenvalue weighted by Gasteiger charge is -2.33. The van der Waals surface area contributed by atoms with Crippen molar-refractivity contribution < 1.29 is 18.9 Å². The Labute approximate surface area is 457 Å². The number of hydrogen-bond donors (Lipinski definition) is 0. The second kappa shape index (κ2) is 19.3. The molecule has 12 aromatic carbocycles. The van der Waals surface area contributed by atoms with Gasteiger partial charge in [-0.05, 0) is 131 Å². The van der Waals surface area contributed by atoms with Crippen LogP contribution in [-0.4, -0.2) is 15.8 Å². The van der Waals surface area contributed by atoms with Gasteiger partial charge in [0.2, 0.25) is 0 Å². The summed E-state index contributed by atoms with van der Waals surface area (Å²) in [6.45, 7) is 0.0664. The molecule has 0 N–H and O–H groups in total. The monoisotopic (exact) mass is 1010 g/mol. The topological polar surface area (TPSA) is 46.8 Å². The van der Waals surface area contributed by atoms with E-state index in [0.717, 1.165) is 85.1 Å². The molecule has 14 aromatic rings. The largest absolute Gasteiger partial charge is 0.458 e. The van der Waals surface area contributed by atoms with Crippen LogP contribution < -0.4 is 35.3 Å². The number of ether oxygens (including phenoxy) is 4. The fraction of sp³-hybridized carbons (Fsp3) is 0. The van der Waals surface area contributed by atoms with E-state index in [1.165, 1.54) is 54.5 Å². The van der Waals surface area contributed by atoms with Crippen LogP contribution >= 0.6 is 0 Å². The van der Waals surface area contributed by atoms with Gasteiger partial charge in [-0.25, -0.2) is 0 Å². The molecular formula is C72H47BN2O4. The lowest BCUT2D eigenvalue weighted by Crippen LogP contribution is -2.57. The van der Waals surface area contributed by atoms with Crippen LogP contribution in [-0.2, 0) is 0 Å². The Kier molecular flexibility index (Phi) is 11.2. The van der Waals surface area contributed by atoms with Crippen LogP contribution in [0.25, 0.3) is 77.2 Å². The summed E-state index contributed by atoms with van der Waals surface area (Å²) in [4.78, 5) is 0. The maximum absolute atomic E-state index is 6.66. The second-order valence-corrected chi connectivity index (χ2v) is 19.9. The summed E-state index contributed by atoms with van der Waals surface area (Å²) in [5.41, 5.74) is 14.7. The molecule has 0 bridgehead atoms. The van der Waals surface area contributed by atoms with Gasteiger partial charge in [0, 0.05) is 55.6 Å². The maximum Gasteiger partial charge on any atom is 0.260 e. The van der Waals surface area contributed by atoms with E-state index in [1.54, 1.807) is 0 Å². The van der Waals surface area contributed by atoms with Gasteiger partial charge in [-0.2, -0.15) is 0 Å². The first-order valence-corrected chi connectivity index (χ1v) is 26.7. The summed E-state index contributed by atoms with van der Waals surface area (Å²) in [6, 6.07) is 98.4. The highest BCUT2D eigenvalue weighted by Crippen LogP contribution is 2.43. The number of fused-ring (bicyclic) bond motifs is 10. The van der Waals surface area contributed by atoms with Gasteiger partial charge in [0.25, 0.3) is 6.71 Å². The minimum Gasteiger partial charge on any atom is -0.458 e. The third-order valence-electron chi connectivity index (χ3n) is 15.3. The normalized spacial score (nSPS) is 12.0. The Hall–Kier alpha value is -10.5. The molecule has 372 valence electrons. The van der Waals surface area contributed by atoms with Gasteiger partial charge in [0.1, 0.15) is 46.0 Å². The van der Waals surface area contributed by atoms with Crippen LogP contribution in [0.1, 0.15) is 0 Å². The van der Waals surface area contributed by atoms with Gasteiger partial charge >= 0.3 is 0 Å². The van der Waals surface area contributed by atoms with E-state index in [0.29, 0.717) is 0 Å². The molecule has 7 heteroatoms. The highest BCUT2D eigenvalue weighted by atomic mass is 16.5. The predicted molar refractivity (Wildman–Crippen MR) is 323 cm³/mol. The molecule has 0 spiro atoms. The molecule has 0 saturated carbocycles. The molecule has 0 saturated heterocycles. The Morgan fingerprint density at radius 2 is 0.722 bits per heavy atom. The molecule has 0 unspecified atom stereocenters. The molecule has 0 amide bonds. The molecule has 0 fully saturated rings. The van der Waals surface area contributed by atoms with Crippen molar-refractivity contribution in [2.24, 2.45) is 0 Å². The molecule has 16 rings (SSSR count). The Morgan fingerprint density at radius 3 is 1.24 bits per heavy atom. The average Bonchev–Trinajstić information content (AvgIpc) is 4.08. The number of hydrogen-bond acceptors (Lipinski definition) is 4. The molecule has 6 nitrogen and oxygen atoms in total. The third kappa shape index (κ3) is 8.07. The molecule has 0 atom stereocenters. The van der Waals surface area contributed by atoms with Crippen LogP contribution in [0.15, 0.2) is 285 Å². The number of aromatic nitrogens is 2. The summed E-state index contributed by atoms with van der Waals surface area (Å²) < 4.78 is 30.2. The van der Waals surface area contributed by atoms with Crippen molar-refractivity contribution in [3.05, 3.63) is 285 Å². The molecule has 4 heterocycles. The first-order valence-electron chi connectivity index (χ1n) is 26.7. The zero-order valence-electron chi connectivity index (χ0n) is 42.7. The SMILES string of the molecule is c1ccc(Oc2ccc(-c3ccc(-n4c5ccccc5c5ccccc54)cc3)c(Oc3ccccc3)c2)cc1.c1ccc2c(c1)Oc1ccc(-c3ccc(-n4c5ccccc5c5ccccc54)cc3)c3c1B2c1ccccc1O3. The van der Waals surface area contributed by atoms with E-state index >= 15 is 0 Å². The van der Waals surface area contributed by atoms with Crippen molar-refractivity contribution in [3.8, 4) is 79.6 Å². The second-order valence-electron chi connectivity index (χ2n) is 19.9. The molecule has 0 aliphatic carbocycles. The van der Waals surface area contributed by atoms with Crippen molar-refractivity contribution in [2.75, 3.05) is 0 Å². The number of rotatable bonds is 8. The summed E-state index contributed by atoms with van der Waals surface area (Å²) in [7, 11) is 0. The van der Waals surface area contributed by atoms with Crippen molar-refractivity contribution in [2.45, 2.75) is 0 Å². The molecule has 79 heavy (non-hydrogen) atoms. The van der Waals surface area contributed by atoms with Crippen LogP contribution in [0.3, 0.4) is 0 Å². The maximum atomic E-state index is 6.66. The molecule has 2 aliphatic heterocycles. The number of benzene rings is 12. The van der Waals surface area contributed by atoms with E-state index in [9.17, 15) is 0 Å². The molecule has 0 radical (unpaired) electrons. The van der Waals surface area contributed by atoms with Crippen LogP contribution in [0.5, 0.6) is 46.0 Å². The van der Waals surface area contributed by atoms with Gasteiger partial charge in [0.15, 0.2) is 0 Å². The minimum absolute atomic E-state index is 0.0664. The summed E-state index contributed by atoms with van der Waals surface area (Å²) in [5.74, 6) is 6.56. The van der Waals surface area contributed by atoms with E-state index in [1.807, 2.05) is 84.9 Å². The summed E-state index contributed by atoms with van der Waals surface area (Å²) in [5, 5.41) is 5.04. The first-order chi connectivity index (χ1) is 39.2. The molecular weight excluding hydrogens is 968 g/mol. The fourth-order valence-electron chi connectivity index (χ4n) is 11.7. The van der Waals surface area contributed by atoms with E-state index in [-0.39, 0.29) is 6.71 Å². The molecule has 2 aromatic heterocycles. The van der Waals surface area contributed by atoms with Gasteiger partial charge in [0.05, 0.1) is 22.1 Å². The van der Waals surface area contributed by atoms with Gasteiger partial charge in [-0.15, -0.1) is 0 Å². The predicted octanol–water partition coefficient (Wildman–Crippen LogP) is 17.2. The Bertz CT molecular complexity index is 4490. The highest BCUT2D eigenvalue weighted by Gasteiger charge is 2.41. The van der Waals surface area contributed by atoms with Crippen molar-refractivity contribution >= 4 is 66.7 Å². The lowest BCUT2D eigenvalue weighted by atomic mass is 9.34. The Balaban J connectivity index is 0.000000137. The third-order valence-corrected chi connectivity index (χ3v) is 15.3. The van der Waals surface area contributed by atoms with Gasteiger partial charge in [-0.1, -0.05) is 170 Å². The van der Waals surface area contributed by atoms with Crippen molar-refractivity contribution in [1.29, 1.82) is 0 Å². The van der Waals surface area contributed by atoms with Gasteiger partial charge < -0.3 is 28.1 Å². The van der Waals surface area contributed by atoms with E-state index in [2.05, 4.69) is 209 Å². The minimum atomic E-state index is 0.0664. The number of para-hydroxylation sites is 8. The van der Waals surface area contributed by atoms with Crippen molar-refractivity contribution in [1.82, 2.24) is 9.13 Å². The van der Waals surface area contributed by atoms with Crippen LogP contribution in [0.4, 0.5) is 0 Å². The average molecular weight is 1010 g/mol. The summed E-state index contributed by atoms with van der Waals surface area (Å²) in [6.07, 6.45) is 0. The fourth-order valence-corrected chi connectivity index (χ4v) is 11.7. The first kappa shape index (κ1) is 45.9. The van der Waals surface area contributed by atoms with E-state index in [4.69, 9.17) is 18.9 Å². The zero-order chi connectivity index (χ0) is 52.2. The quantitative estimate of drug-likeness (QED) is 0.142. The van der Waals surface area contributed by atoms with E-state index < -0.39 is 0 Å². The van der Waals surface area contributed by atoms with Gasteiger partial charge in [-0.3, -0.25) is 0 Å². The molecule has 2 aliphatic rings. The van der Waals surface area contributed by atoms with Crippen LogP contribution in [0, 0.1) is 0 Å². The standard InChI is InChI=1S/C36H22BNO2.C36H25NO2/c1-5-13-30-26(9-1)27-10-2-6-14-31(27)38(30)24-19-17-23(18-20-24)25-21-22-34-35-36(25)40-33-16-8-4-12-29(33)37(35)28-11-3-7-15-32(28)39-34;1-3-11-28(12-4-1)38-30-23-24-31(36(25-30)39-29-13-5-2-6-14-29)26-19-21-27(22-20-26)37-34-17-9-7-15-32(34)33-16-8-10-18-35(33)37/h1-22H;1-25H. The Morgan fingerprint density at radius 1 is 0.304 bits per heavy atom. The number of nitrogens with zero attached hydrogens (tertiary/aromatic N) is 2. The summed E-state index contributed by atoms with van der Waals surface area (Å²) >= 11 is 0. The zero-order valence-corrected chi connectivity index (χ0v) is 42.7. The van der Waals surface area contributed by atoms with Crippen molar-refractivity contribution in [3.63, 3.8) is 0 Å². The smallest absolute Gasteiger partial charge is 0.260 e. The van der Waals surface area contributed by atoms with Crippen LogP contribution in [0.2, 0.25) is 0 Å². The lowest BCUT2D eigenvalue weighted by molar-refractivity contribution is 0.461. The highest BCUT2D eigenvalue weighted by molar-refractivity contribution is 6.98.